The van der Waals surface area contributed by atoms with Gasteiger partial charge in [0.15, 0.2) is 0 Å². The number of hydrogen-bond acceptors (Lipinski definition) is 12. The minimum absolute atomic E-state index is 0. The normalized spacial score (nSPS) is 31.2. The minimum atomic E-state index is -0.455. The zero-order valence-electron chi connectivity index (χ0n) is 39.4. The maximum absolute atomic E-state index is 12.1. The summed E-state index contributed by atoms with van der Waals surface area (Å²) in [6.45, 7) is 26.4. The summed E-state index contributed by atoms with van der Waals surface area (Å²) < 4.78 is 32.9. The zero-order valence-corrected chi connectivity index (χ0v) is 39.4. The van der Waals surface area contributed by atoms with Crippen molar-refractivity contribution in [1.29, 1.82) is 0 Å². The van der Waals surface area contributed by atoms with Crippen molar-refractivity contribution in [3.8, 4) is 0 Å². The number of hydrogen-bond donors (Lipinski definition) is 0. The highest BCUT2D eigenvalue weighted by Crippen LogP contribution is 2.56. The number of carbonyl (C=O) groups excluding carboxylic acids is 6. The van der Waals surface area contributed by atoms with Crippen LogP contribution in [0.2, 0.25) is 0 Å². The van der Waals surface area contributed by atoms with Crippen LogP contribution in [-0.2, 0) is 57.2 Å². The predicted octanol–water partition coefficient (Wildman–Crippen LogP) is 10.8. The van der Waals surface area contributed by atoms with Gasteiger partial charge in [-0.15, -0.1) is 0 Å². The topological polar surface area (TPSA) is 158 Å². The molecule has 64 heavy (non-hydrogen) atoms. The largest absolute Gasteiger partial charge is 0.459 e. The maximum Gasteiger partial charge on any atom is 0.333 e. The molecule has 0 amide bonds. The van der Waals surface area contributed by atoms with Crippen LogP contribution in [0.3, 0.4) is 0 Å². The molecule has 12 nitrogen and oxygen atoms in total. The summed E-state index contributed by atoms with van der Waals surface area (Å²) in [5, 5.41) is 0. The Balaban J connectivity index is 0.000000226. The highest BCUT2D eigenvalue weighted by atomic mass is 16.6. The van der Waals surface area contributed by atoms with E-state index < -0.39 is 5.41 Å². The first-order chi connectivity index (χ1) is 29.1. The van der Waals surface area contributed by atoms with E-state index in [2.05, 4.69) is 27.0 Å². The molecule has 12 heteroatoms. The van der Waals surface area contributed by atoms with E-state index >= 15 is 0 Å². The Morgan fingerprint density at radius 2 is 0.969 bits per heavy atom. The van der Waals surface area contributed by atoms with Crippen LogP contribution in [-0.4, -0.2) is 71.4 Å². The van der Waals surface area contributed by atoms with Crippen molar-refractivity contribution in [3.05, 3.63) is 24.3 Å². The Labute approximate surface area is 385 Å². The van der Waals surface area contributed by atoms with Gasteiger partial charge in [0.1, 0.15) is 35.6 Å². The van der Waals surface area contributed by atoms with E-state index in [0.29, 0.717) is 28.9 Å². The maximum atomic E-state index is 12.1. The fraction of sp³-hybridized carbons (Fsp3) is 0.808. The molecule has 8 aliphatic rings. The molecule has 2 heterocycles. The van der Waals surface area contributed by atoms with Crippen molar-refractivity contribution >= 4 is 35.8 Å². The summed E-state index contributed by atoms with van der Waals surface area (Å²) in [7, 11) is 0. The number of esters is 6. The lowest BCUT2D eigenvalue weighted by atomic mass is 9.87. The van der Waals surface area contributed by atoms with E-state index in [4.69, 9.17) is 28.4 Å². The molecule has 0 radical (unpaired) electrons. The van der Waals surface area contributed by atoms with E-state index in [1.54, 1.807) is 13.8 Å². The standard InChI is InChI=1S/C14H20O4.C13H24O2.C12H14O4.C11H18O2.2CH4/c1-4-14(2,3)13(16)18-10-7-5-8-9(6-7)12(15)17-11(8)10;1-5-12(3,4)11(14)15-13(6-2)9-7-8-10-13;1-5(2)11(13)15-9-6-3-7-8(4-6)12(14)16-10(7)9;1-4-11(7-5-6-8-11)13-10(12)9(2)3;;/h7-11H,4-6H2,1-3H3;5-10H2,1-4H3;6-10H,1,3-4H2,2H3;2,4-8H2,1,3H3;2*1H4. The van der Waals surface area contributed by atoms with Crippen LogP contribution in [0.5, 0.6) is 0 Å². The molecule has 8 rings (SSSR count). The molecule has 4 bridgehead atoms. The van der Waals surface area contributed by atoms with Crippen LogP contribution in [0, 0.1) is 46.3 Å². The molecule has 6 aliphatic carbocycles. The van der Waals surface area contributed by atoms with Crippen LogP contribution >= 0.6 is 0 Å². The van der Waals surface area contributed by atoms with Gasteiger partial charge >= 0.3 is 35.8 Å². The molecule has 364 valence electrons. The first kappa shape index (κ1) is 54.6. The van der Waals surface area contributed by atoms with Gasteiger partial charge in [-0.1, -0.05) is 55.7 Å². The Morgan fingerprint density at radius 3 is 1.34 bits per heavy atom. The van der Waals surface area contributed by atoms with Crippen molar-refractivity contribution in [1.82, 2.24) is 0 Å². The first-order valence-electron chi connectivity index (χ1n) is 23.7. The third kappa shape index (κ3) is 11.6. The summed E-state index contributed by atoms with van der Waals surface area (Å²) in [5.74, 6) is 0.362. The summed E-state index contributed by atoms with van der Waals surface area (Å²) in [6.07, 6.45) is 15.1. The summed E-state index contributed by atoms with van der Waals surface area (Å²) in [4.78, 5) is 70.0. The number of fused-ring (bicyclic) bond motifs is 2. The van der Waals surface area contributed by atoms with Crippen molar-refractivity contribution in [3.63, 3.8) is 0 Å². The minimum Gasteiger partial charge on any atom is -0.459 e. The van der Waals surface area contributed by atoms with Crippen molar-refractivity contribution in [2.75, 3.05) is 0 Å². The molecular weight excluding hydrogens is 817 g/mol. The fourth-order valence-electron chi connectivity index (χ4n) is 10.6. The average Bonchev–Trinajstić information content (AvgIpc) is 4.11. The van der Waals surface area contributed by atoms with Gasteiger partial charge in [0.25, 0.3) is 0 Å². The molecule has 10 unspecified atom stereocenters. The number of carbonyl (C=O) groups is 6. The Bertz CT molecular complexity index is 1710. The van der Waals surface area contributed by atoms with Gasteiger partial charge in [-0.2, -0.15) is 0 Å². The summed E-state index contributed by atoms with van der Waals surface area (Å²) >= 11 is 0. The molecule has 0 spiro atoms. The van der Waals surface area contributed by atoms with Crippen LogP contribution in [0.15, 0.2) is 24.3 Å². The van der Waals surface area contributed by atoms with E-state index in [9.17, 15) is 28.8 Å². The molecule has 2 aliphatic heterocycles. The summed E-state index contributed by atoms with van der Waals surface area (Å²) in [6, 6.07) is 0. The Morgan fingerprint density at radius 1 is 0.594 bits per heavy atom. The lowest BCUT2D eigenvalue weighted by Crippen LogP contribution is -2.39. The molecule has 8 fully saturated rings. The van der Waals surface area contributed by atoms with Gasteiger partial charge < -0.3 is 28.4 Å². The summed E-state index contributed by atoms with van der Waals surface area (Å²) in [5.41, 5.74) is -0.197. The molecule has 0 aromatic carbocycles. The monoisotopic (exact) mass is 901 g/mol. The Kier molecular flexibility index (Phi) is 18.6. The second-order valence-electron chi connectivity index (χ2n) is 20.8. The van der Waals surface area contributed by atoms with Crippen LogP contribution < -0.4 is 0 Å². The zero-order chi connectivity index (χ0) is 45.9. The van der Waals surface area contributed by atoms with E-state index in [0.717, 1.165) is 77.0 Å². The lowest BCUT2D eigenvalue weighted by Gasteiger charge is -2.32. The van der Waals surface area contributed by atoms with Gasteiger partial charge in [-0.05, 0) is 144 Å². The molecule has 10 atom stereocenters. The average molecular weight is 901 g/mol. The predicted molar refractivity (Wildman–Crippen MR) is 245 cm³/mol. The highest BCUT2D eigenvalue weighted by Gasteiger charge is 2.64. The van der Waals surface area contributed by atoms with E-state index in [1.807, 2.05) is 41.5 Å². The molecular formula is C52H84O12. The smallest absolute Gasteiger partial charge is 0.333 e. The fourth-order valence-corrected chi connectivity index (χ4v) is 10.6. The third-order valence-corrected chi connectivity index (χ3v) is 15.8. The van der Waals surface area contributed by atoms with Crippen LogP contribution in [0.1, 0.15) is 187 Å². The molecule has 6 saturated carbocycles. The van der Waals surface area contributed by atoms with Crippen molar-refractivity contribution in [2.24, 2.45) is 46.3 Å². The van der Waals surface area contributed by atoms with E-state index in [-0.39, 0.29) is 109 Å². The van der Waals surface area contributed by atoms with Gasteiger partial charge in [0.2, 0.25) is 0 Å². The first-order valence-corrected chi connectivity index (χ1v) is 23.7. The molecule has 2 saturated heterocycles. The molecule has 0 N–H and O–H groups in total. The highest BCUT2D eigenvalue weighted by molar-refractivity contribution is 5.88. The van der Waals surface area contributed by atoms with Gasteiger partial charge in [-0.3, -0.25) is 19.2 Å². The Hall–Kier alpha value is -3.70. The second-order valence-corrected chi connectivity index (χ2v) is 20.8. The van der Waals surface area contributed by atoms with E-state index in [1.165, 1.54) is 25.7 Å². The third-order valence-electron chi connectivity index (χ3n) is 15.8. The quantitative estimate of drug-likeness (QED) is 0.104. The SMILES string of the molecule is C.C.C=C(C)C(=O)OC1(CC)CCCC1.C=C(C)C(=O)OC1C2CC3C(=O)OC1C3C2.CCC(C)(C)C(=O)OC1C2CC3C(=O)OC1C3C2.CCC1(OC(=O)C(C)(C)CC)CCCC1. The molecule has 0 aromatic heterocycles. The van der Waals surface area contributed by atoms with Gasteiger partial charge in [0.05, 0.1) is 22.7 Å². The lowest BCUT2D eigenvalue weighted by molar-refractivity contribution is -0.171. The van der Waals surface area contributed by atoms with Crippen molar-refractivity contribution in [2.45, 2.75) is 222 Å². The van der Waals surface area contributed by atoms with Crippen LogP contribution in [0.25, 0.3) is 0 Å². The van der Waals surface area contributed by atoms with Gasteiger partial charge in [-0.25, -0.2) is 9.59 Å². The molecule has 0 aromatic rings. The number of ether oxygens (including phenoxy) is 6. The van der Waals surface area contributed by atoms with Gasteiger partial charge in [0, 0.05) is 34.8 Å². The second kappa shape index (κ2) is 21.7. The van der Waals surface area contributed by atoms with Crippen molar-refractivity contribution < 1.29 is 57.2 Å². The number of rotatable bonds is 12. The van der Waals surface area contributed by atoms with Crippen LogP contribution in [0.4, 0.5) is 0 Å².